The summed E-state index contributed by atoms with van der Waals surface area (Å²) in [6.45, 7) is 6.61. The van der Waals surface area contributed by atoms with Gasteiger partial charge in [-0.15, -0.1) is 0 Å². The van der Waals surface area contributed by atoms with Gasteiger partial charge in [-0.3, -0.25) is 4.90 Å². The van der Waals surface area contributed by atoms with Crippen molar-refractivity contribution in [2.45, 2.75) is 32.0 Å². The Kier molecular flexibility index (Phi) is 5.15. The van der Waals surface area contributed by atoms with Crippen molar-refractivity contribution in [2.75, 3.05) is 20.2 Å². The molecule has 0 aromatic heterocycles. The van der Waals surface area contributed by atoms with E-state index in [1.807, 2.05) is 6.07 Å². The highest BCUT2D eigenvalue weighted by atomic mass is 16.5. The number of fused-ring (bicyclic) bond motifs is 1. The topological polar surface area (TPSA) is 24.5 Å². The molecule has 1 heterocycles. The van der Waals surface area contributed by atoms with Gasteiger partial charge in [0.2, 0.25) is 0 Å². The molecule has 1 N–H and O–H groups in total. The van der Waals surface area contributed by atoms with Crippen LogP contribution >= 0.6 is 0 Å². The average molecular weight is 361 g/mol. The zero-order chi connectivity index (χ0) is 18.8. The van der Waals surface area contributed by atoms with E-state index in [9.17, 15) is 0 Å². The Bertz CT molecular complexity index is 918. The number of ether oxygens (including phenoxy) is 1. The highest BCUT2D eigenvalue weighted by Gasteiger charge is 2.31. The summed E-state index contributed by atoms with van der Waals surface area (Å²) in [5.41, 5.74) is 2.65. The molecule has 27 heavy (non-hydrogen) atoms. The van der Waals surface area contributed by atoms with Gasteiger partial charge >= 0.3 is 0 Å². The molecule has 0 radical (unpaired) electrons. The van der Waals surface area contributed by atoms with Crippen molar-refractivity contribution in [3.05, 3.63) is 77.9 Å². The zero-order valence-electron chi connectivity index (χ0n) is 16.4. The Balaban J connectivity index is 1.89. The molecule has 0 amide bonds. The van der Waals surface area contributed by atoms with Crippen molar-refractivity contribution in [3.63, 3.8) is 0 Å². The van der Waals surface area contributed by atoms with Crippen molar-refractivity contribution in [2.24, 2.45) is 0 Å². The van der Waals surface area contributed by atoms with Crippen LogP contribution in [0.1, 0.15) is 31.0 Å². The number of hydrogen-bond acceptors (Lipinski definition) is 3. The number of nitrogens with zero attached hydrogens (tertiary/aromatic N) is 1. The molecule has 0 saturated carbocycles. The van der Waals surface area contributed by atoms with Crippen LogP contribution in [-0.2, 0) is 0 Å². The largest absolute Gasteiger partial charge is 0.497 e. The Labute approximate surface area is 162 Å². The summed E-state index contributed by atoms with van der Waals surface area (Å²) in [4.78, 5) is 2.64. The number of benzene rings is 3. The minimum absolute atomic E-state index is 0.200. The fourth-order valence-corrected chi connectivity index (χ4v) is 4.26. The first-order valence-electron chi connectivity index (χ1n) is 9.78. The van der Waals surface area contributed by atoms with Crippen LogP contribution in [0.3, 0.4) is 0 Å². The zero-order valence-corrected chi connectivity index (χ0v) is 16.4. The van der Waals surface area contributed by atoms with Gasteiger partial charge in [0, 0.05) is 25.2 Å². The maximum absolute atomic E-state index is 5.53. The third-order valence-electron chi connectivity index (χ3n) is 5.67. The Hall–Kier alpha value is -2.36. The van der Waals surface area contributed by atoms with Crippen molar-refractivity contribution in [1.29, 1.82) is 0 Å². The van der Waals surface area contributed by atoms with Crippen LogP contribution in [0.5, 0.6) is 5.75 Å². The molecule has 1 saturated heterocycles. The molecule has 3 atom stereocenters. The first-order chi connectivity index (χ1) is 13.2. The summed E-state index contributed by atoms with van der Waals surface area (Å²) in [7, 11) is 1.74. The number of nitrogens with one attached hydrogen (secondary N) is 1. The Morgan fingerprint density at radius 1 is 1.00 bits per heavy atom. The number of methoxy groups -OCH3 is 1. The molecule has 4 rings (SSSR count). The Morgan fingerprint density at radius 2 is 1.78 bits per heavy atom. The van der Waals surface area contributed by atoms with Crippen molar-refractivity contribution < 1.29 is 4.74 Å². The molecule has 0 bridgehead atoms. The van der Waals surface area contributed by atoms with Gasteiger partial charge in [0.25, 0.3) is 0 Å². The first-order valence-corrected chi connectivity index (χ1v) is 9.78. The maximum atomic E-state index is 5.53. The molecular formula is C24H28N2O. The first kappa shape index (κ1) is 18.0. The van der Waals surface area contributed by atoms with E-state index in [1.165, 1.54) is 21.9 Å². The van der Waals surface area contributed by atoms with E-state index >= 15 is 0 Å². The van der Waals surface area contributed by atoms with Crippen LogP contribution in [-0.4, -0.2) is 37.2 Å². The summed E-state index contributed by atoms with van der Waals surface area (Å²) in [6.07, 6.45) is 0. The van der Waals surface area contributed by atoms with Gasteiger partial charge in [-0.25, -0.2) is 0 Å². The summed E-state index contributed by atoms with van der Waals surface area (Å²) >= 11 is 0. The molecule has 1 unspecified atom stereocenters. The quantitative estimate of drug-likeness (QED) is 0.735. The van der Waals surface area contributed by atoms with Gasteiger partial charge < -0.3 is 10.1 Å². The second-order valence-corrected chi connectivity index (χ2v) is 7.60. The molecular weight excluding hydrogens is 332 g/mol. The second-order valence-electron chi connectivity index (χ2n) is 7.60. The van der Waals surface area contributed by atoms with E-state index in [0.717, 1.165) is 18.8 Å². The lowest BCUT2D eigenvalue weighted by Gasteiger charge is -2.43. The van der Waals surface area contributed by atoms with E-state index in [-0.39, 0.29) is 6.04 Å². The SMILES string of the molecule is COc1cccc(C(c2cccc3ccccc23)N2C[C@H](C)NC[C@H]2C)c1. The monoisotopic (exact) mass is 360 g/mol. The van der Waals surface area contributed by atoms with Gasteiger partial charge in [0.1, 0.15) is 5.75 Å². The molecule has 0 spiro atoms. The van der Waals surface area contributed by atoms with Crippen LogP contribution in [0.2, 0.25) is 0 Å². The molecule has 1 aliphatic rings. The van der Waals surface area contributed by atoms with Crippen LogP contribution in [0, 0.1) is 0 Å². The minimum Gasteiger partial charge on any atom is -0.497 e. The molecule has 3 nitrogen and oxygen atoms in total. The fourth-order valence-electron chi connectivity index (χ4n) is 4.26. The van der Waals surface area contributed by atoms with Crippen molar-refractivity contribution in [3.8, 4) is 5.75 Å². The number of hydrogen-bond donors (Lipinski definition) is 1. The third kappa shape index (κ3) is 3.58. The molecule has 1 fully saturated rings. The van der Waals surface area contributed by atoms with Crippen LogP contribution < -0.4 is 10.1 Å². The van der Waals surface area contributed by atoms with Gasteiger partial charge in [-0.2, -0.15) is 0 Å². The summed E-state index contributed by atoms with van der Waals surface area (Å²) in [5.74, 6) is 0.911. The Morgan fingerprint density at radius 3 is 2.63 bits per heavy atom. The van der Waals surface area contributed by atoms with E-state index in [1.54, 1.807) is 7.11 Å². The lowest BCUT2D eigenvalue weighted by atomic mass is 9.90. The second kappa shape index (κ2) is 7.71. The summed E-state index contributed by atoms with van der Waals surface area (Å²) in [5, 5.41) is 6.23. The van der Waals surface area contributed by atoms with Gasteiger partial charge in [-0.05, 0) is 47.9 Å². The number of piperazine rings is 1. The van der Waals surface area contributed by atoms with Crippen LogP contribution in [0.4, 0.5) is 0 Å². The molecule has 140 valence electrons. The molecule has 3 heteroatoms. The molecule has 3 aromatic carbocycles. The molecule has 1 aliphatic heterocycles. The van der Waals surface area contributed by atoms with Crippen molar-refractivity contribution >= 4 is 10.8 Å². The van der Waals surface area contributed by atoms with E-state index in [4.69, 9.17) is 4.74 Å². The van der Waals surface area contributed by atoms with Crippen LogP contribution in [0.15, 0.2) is 66.7 Å². The highest BCUT2D eigenvalue weighted by molar-refractivity contribution is 5.86. The van der Waals surface area contributed by atoms with Crippen LogP contribution in [0.25, 0.3) is 10.8 Å². The van der Waals surface area contributed by atoms with Gasteiger partial charge in [0.15, 0.2) is 0 Å². The molecule has 3 aromatic rings. The predicted octanol–water partition coefficient (Wildman–Crippen LogP) is 4.62. The average Bonchev–Trinajstić information content (AvgIpc) is 2.71. The highest BCUT2D eigenvalue weighted by Crippen LogP contribution is 2.36. The normalized spacial score (nSPS) is 21.9. The predicted molar refractivity (Wildman–Crippen MR) is 112 cm³/mol. The van der Waals surface area contributed by atoms with Gasteiger partial charge in [-0.1, -0.05) is 54.6 Å². The smallest absolute Gasteiger partial charge is 0.119 e. The minimum atomic E-state index is 0.200. The summed E-state index contributed by atoms with van der Waals surface area (Å²) in [6, 6.07) is 25.0. The third-order valence-corrected chi connectivity index (χ3v) is 5.67. The lowest BCUT2D eigenvalue weighted by Crippen LogP contribution is -2.55. The lowest BCUT2D eigenvalue weighted by molar-refractivity contribution is 0.114. The van der Waals surface area contributed by atoms with Gasteiger partial charge in [0.05, 0.1) is 13.2 Å². The van der Waals surface area contributed by atoms with Crippen molar-refractivity contribution in [1.82, 2.24) is 10.2 Å². The fraction of sp³-hybridized carbons (Fsp3) is 0.333. The maximum Gasteiger partial charge on any atom is 0.119 e. The van der Waals surface area contributed by atoms with E-state index in [0.29, 0.717) is 12.1 Å². The summed E-state index contributed by atoms with van der Waals surface area (Å²) < 4.78 is 5.53. The molecule has 0 aliphatic carbocycles. The standard InChI is InChI=1S/C24H28N2O/c1-17-16-26(18(2)15-25-17)24(20-10-6-11-21(14-20)27-3)23-13-7-9-19-8-4-5-12-22(19)23/h4-14,17-18,24-25H,15-16H2,1-3H3/t17-,18+,24?/m0/s1. The number of rotatable bonds is 4. The van der Waals surface area contributed by atoms with E-state index in [2.05, 4.69) is 84.7 Å². The van der Waals surface area contributed by atoms with E-state index < -0.39 is 0 Å².